The maximum Gasteiger partial charge on any atom is 0.262 e. The van der Waals surface area contributed by atoms with Crippen LogP contribution in [0, 0.1) is 0 Å². The zero-order chi connectivity index (χ0) is 23.2. The summed E-state index contributed by atoms with van der Waals surface area (Å²) < 4.78 is 6.62. The highest BCUT2D eigenvalue weighted by molar-refractivity contribution is 9.10. The first-order valence-electron chi connectivity index (χ1n) is 10.6. The number of hydrogen-bond acceptors (Lipinski definition) is 5. The number of ether oxygens (including phenoxy) is 1. The van der Waals surface area contributed by atoms with Crippen molar-refractivity contribution in [2.75, 3.05) is 43.0 Å². The fourth-order valence-electron chi connectivity index (χ4n) is 3.70. The van der Waals surface area contributed by atoms with Crippen molar-refractivity contribution in [1.29, 1.82) is 0 Å². The predicted octanol–water partition coefficient (Wildman–Crippen LogP) is 4.13. The van der Waals surface area contributed by atoms with Crippen LogP contribution >= 0.6 is 15.9 Å². The Morgan fingerprint density at radius 3 is 2.30 bits per heavy atom. The Balaban J connectivity index is 1.36. The maximum atomic E-state index is 13.2. The number of carbonyl (C=O) groups is 2. The lowest BCUT2D eigenvalue weighted by Gasteiger charge is -2.36. The van der Waals surface area contributed by atoms with Crippen LogP contribution in [0.3, 0.4) is 0 Å². The summed E-state index contributed by atoms with van der Waals surface area (Å²) in [6, 6.07) is 21.4. The molecule has 1 fully saturated rings. The van der Waals surface area contributed by atoms with Gasteiger partial charge in [-0.1, -0.05) is 40.2 Å². The number of nitrogens with zero attached hydrogens (tertiary/aromatic N) is 2. The lowest BCUT2D eigenvalue weighted by atomic mass is 10.1. The van der Waals surface area contributed by atoms with Gasteiger partial charge in [0.05, 0.1) is 11.3 Å². The lowest BCUT2D eigenvalue weighted by molar-refractivity contribution is -0.118. The molecule has 2 amide bonds. The predicted molar refractivity (Wildman–Crippen MR) is 131 cm³/mol. The maximum absolute atomic E-state index is 13.2. The standard InChI is InChI=1S/C25H24BrN3O4/c26-18-9-11-19(12-10-18)27-24(31)17-33-23-8-4-1-5-20(23)25(32)29-15-13-28(14-16-29)21-6-2-3-7-22(21)30/h1-12,30H,13-17H2,(H,27,31). The van der Waals surface area contributed by atoms with Gasteiger partial charge in [-0.15, -0.1) is 0 Å². The van der Waals surface area contributed by atoms with Crippen LogP contribution in [0.1, 0.15) is 10.4 Å². The Morgan fingerprint density at radius 1 is 0.909 bits per heavy atom. The molecule has 0 unspecified atom stereocenters. The molecule has 7 nitrogen and oxygen atoms in total. The number of rotatable bonds is 6. The van der Waals surface area contributed by atoms with Gasteiger partial charge in [-0.25, -0.2) is 0 Å². The summed E-state index contributed by atoms with van der Waals surface area (Å²) in [7, 11) is 0. The van der Waals surface area contributed by atoms with Crippen molar-refractivity contribution in [3.63, 3.8) is 0 Å². The molecule has 3 aromatic rings. The number of para-hydroxylation sites is 3. The van der Waals surface area contributed by atoms with Gasteiger partial charge in [0.2, 0.25) is 0 Å². The van der Waals surface area contributed by atoms with Crippen molar-refractivity contribution in [3.05, 3.63) is 82.8 Å². The Morgan fingerprint density at radius 2 is 1.58 bits per heavy atom. The van der Waals surface area contributed by atoms with Crippen molar-refractivity contribution >= 4 is 39.1 Å². The number of hydrogen-bond donors (Lipinski definition) is 2. The highest BCUT2D eigenvalue weighted by atomic mass is 79.9. The zero-order valence-electron chi connectivity index (χ0n) is 17.9. The average Bonchev–Trinajstić information content (AvgIpc) is 2.84. The fraction of sp³-hybridized carbons (Fsp3) is 0.200. The van der Waals surface area contributed by atoms with Gasteiger partial charge in [0.1, 0.15) is 11.5 Å². The number of carbonyl (C=O) groups excluding carboxylic acids is 2. The summed E-state index contributed by atoms with van der Waals surface area (Å²) in [5, 5.41) is 12.9. The molecule has 2 N–H and O–H groups in total. The first-order valence-corrected chi connectivity index (χ1v) is 11.4. The van der Waals surface area contributed by atoms with Gasteiger partial charge in [-0.2, -0.15) is 0 Å². The van der Waals surface area contributed by atoms with Gasteiger partial charge in [0, 0.05) is 36.3 Å². The summed E-state index contributed by atoms with van der Waals surface area (Å²) >= 11 is 3.36. The number of phenolic OH excluding ortho intramolecular Hbond substituents is 1. The number of halogens is 1. The number of benzene rings is 3. The lowest BCUT2D eigenvalue weighted by Crippen LogP contribution is -2.48. The number of phenols is 1. The van der Waals surface area contributed by atoms with Crippen LogP contribution in [0.25, 0.3) is 0 Å². The van der Waals surface area contributed by atoms with E-state index in [0.717, 1.165) is 10.2 Å². The molecule has 1 aliphatic heterocycles. The number of amides is 2. The fourth-order valence-corrected chi connectivity index (χ4v) is 3.96. The summed E-state index contributed by atoms with van der Waals surface area (Å²) in [5.41, 5.74) is 1.86. The van der Waals surface area contributed by atoms with E-state index in [1.165, 1.54) is 0 Å². The van der Waals surface area contributed by atoms with E-state index in [0.29, 0.717) is 43.2 Å². The van der Waals surface area contributed by atoms with Gasteiger partial charge >= 0.3 is 0 Å². The second-order valence-corrected chi connectivity index (χ2v) is 8.52. The largest absolute Gasteiger partial charge is 0.506 e. The highest BCUT2D eigenvalue weighted by Gasteiger charge is 2.25. The highest BCUT2D eigenvalue weighted by Crippen LogP contribution is 2.28. The van der Waals surface area contributed by atoms with Gasteiger partial charge in [0.15, 0.2) is 6.61 Å². The molecule has 0 atom stereocenters. The SMILES string of the molecule is O=C(COc1ccccc1C(=O)N1CCN(c2ccccc2O)CC1)Nc1ccc(Br)cc1. The summed E-state index contributed by atoms with van der Waals surface area (Å²) in [5.74, 6) is 0.153. The van der Waals surface area contributed by atoms with E-state index in [9.17, 15) is 14.7 Å². The normalized spacial score (nSPS) is 13.5. The number of nitrogens with one attached hydrogen (secondary N) is 1. The average molecular weight is 510 g/mol. The van der Waals surface area contributed by atoms with Gasteiger partial charge in [0.25, 0.3) is 11.8 Å². The van der Waals surface area contributed by atoms with Gasteiger partial charge in [-0.05, 0) is 48.5 Å². The van der Waals surface area contributed by atoms with Crippen molar-refractivity contribution in [3.8, 4) is 11.5 Å². The topological polar surface area (TPSA) is 82.1 Å². The van der Waals surface area contributed by atoms with E-state index in [-0.39, 0.29) is 24.2 Å². The molecule has 170 valence electrons. The molecule has 0 bridgehead atoms. The smallest absolute Gasteiger partial charge is 0.262 e. The third kappa shape index (κ3) is 5.64. The minimum Gasteiger partial charge on any atom is -0.506 e. The first-order chi connectivity index (χ1) is 16.0. The summed E-state index contributed by atoms with van der Waals surface area (Å²) in [6.07, 6.45) is 0. The van der Waals surface area contributed by atoms with Crippen molar-refractivity contribution in [2.45, 2.75) is 0 Å². The molecule has 0 saturated carbocycles. The van der Waals surface area contributed by atoms with E-state index in [4.69, 9.17) is 4.74 Å². The molecule has 3 aromatic carbocycles. The van der Waals surface area contributed by atoms with Crippen LogP contribution in [0.5, 0.6) is 11.5 Å². The third-order valence-corrected chi connectivity index (χ3v) is 5.92. The molecule has 0 aliphatic carbocycles. The summed E-state index contributed by atoms with van der Waals surface area (Å²) in [6.45, 7) is 2.06. The Kier molecular flexibility index (Phi) is 7.14. The summed E-state index contributed by atoms with van der Waals surface area (Å²) in [4.78, 5) is 29.3. The van der Waals surface area contributed by atoms with E-state index in [1.807, 2.05) is 24.3 Å². The van der Waals surface area contributed by atoms with Crippen LogP contribution in [-0.4, -0.2) is 54.6 Å². The molecular weight excluding hydrogens is 486 g/mol. The molecule has 33 heavy (non-hydrogen) atoms. The van der Waals surface area contributed by atoms with Crippen LogP contribution in [0.15, 0.2) is 77.3 Å². The van der Waals surface area contributed by atoms with Crippen LogP contribution in [0.2, 0.25) is 0 Å². The Labute approximate surface area is 200 Å². The van der Waals surface area contributed by atoms with E-state index in [2.05, 4.69) is 26.1 Å². The number of anilines is 2. The quantitative estimate of drug-likeness (QED) is 0.521. The van der Waals surface area contributed by atoms with E-state index in [1.54, 1.807) is 53.4 Å². The molecule has 0 radical (unpaired) electrons. The molecule has 1 aliphatic rings. The number of aromatic hydroxyl groups is 1. The molecule has 8 heteroatoms. The van der Waals surface area contributed by atoms with Crippen molar-refractivity contribution < 1.29 is 19.4 Å². The van der Waals surface area contributed by atoms with Crippen molar-refractivity contribution in [1.82, 2.24) is 4.90 Å². The second-order valence-electron chi connectivity index (χ2n) is 7.61. The Hall–Kier alpha value is -3.52. The minimum absolute atomic E-state index is 0.143. The zero-order valence-corrected chi connectivity index (χ0v) is 19.5. The second kappa shape index (κ2) is 10.4. The molecule has 4 rings (SSSR count). The molecule has 1 saturated heterocycles. The van der Waals surface area contributed by atoms with Gasteiger partial charge < -0.3 is 25.0 Å². The third-order valence-electron chi connectivity index (χ3n) is 5.39. The van der Waals surface area contributed by atoms with E-state index < -0.39 is 0 Å². The molecule has 0 spiro atoms. The molecule has 0 aromatic heterocycles. The molecular formula is C25H24BrN3O4. The van der Waals surface area contributed by atoms with E-state index >= 15 is 0 Å². The Bertz CT molecular complexity index is 1130. The van der Waals surface area contributed by atoms with Crippen LogP contribution in [0.4, 0.5) is 11.4 Å². The minimum atomic E-state index is -0.309. The van der Waals surface area contributed by atoms with Gasteiger partial charge in [-0.3, -0.25) is 9.59 Å². The van der Waals surface area contributed by atoms with Crippen LogP contribution in [-0.2, 0) is 4.79 Å². The number of piperazine rings is 1. The molecule has 1 heterocycles. The first kappa shape index (κ1) is 22.7. The van der Waals surface area contributed by atoms with Crippen LogP contribution < -0.4 is 15.0 Å². The monoisotopic (exact) mass is 509 g/mol. The van der Waals surface area contributed by atoms with Crippen molar-refractivity contribution in [2.24, 2.45) is 0 Å².